The van der Waals surface area contributed by atoms with E-state index in [2.05, 4.69) is 22.4 Å². The fraction of sp³-hybridized carbons (Fsp3) is 0.400. The van der Waals surface area contributed by atoms with E-state index in [-0.39, 0.29) is 6.10 Å². The van der Waals surface area contributed by atoms with E-state index >= 15 is 0 Å². The van der Waals surface area contributed by atoms with Crippen LogP contribution in [0.4, 0.5) is 0 Å². The van der Waals surface area contributed by atoms with Crippen LogP contribution in [0.25, 0.3) is 10.4 Å². The Labute approximate surface area is 124 Å². The van der Waals surface area contributed by atoms with Crippen molar-refractivity contribution < 1.29 is 5.11 Å². The Balaban J connectivity index is 1.82. The van der Waals surface area contributed by atoms with Crippen LogP contribution >= 0.6 is 11.3 Å². The number of nitrogens with zero attached hydrogens (tertiary/aromatic N) is 2. The third-order valence-corrected chi connectivity index (χ3v) is 3.89. The van der Waals surface area contributed by atoms with Gasteiger partial charge in [-0.25, -0.2) is 4.98 Å². The quantitative estimate of drug-likeness (QED) is 0.817. The molecule has 0 bridgehead atoms. The number of thiazole rings is 1. The number of nitrogens with one attached hydrogen (secondary N) is 1. The monoisotopic (exact) mass is 291 g/mol. The molecule has 0 aliphatic carbocycles. The first-order valence-electron chi connectivity index (χ1n) is 6.69. The van der Waals surface area contributed by atoms with Crippen LogP contribution in [0.5, 0.6) is 0 Å². The van der Waals surface area contributed by atoms with Gasteiger partial charge in [0.2, 0.25) is 0 Å². The molecule has 5 heteroatoms. The normalized spacial score (nSPS) is 12.8. The van der Waals surface area contributed by atoms with Gasteiger partial charge in [-0.3, -0.25) is 0 Å². The highest BCUT2D eigenvalue weighted by molar-refractivity contribution is 7.15. The molecule has 0 amide bonds. The van der Waals surface area contributed by atoms with Crippen LogP contribution in [0, 0.1) is 0 Å². The second kappa shape index (κ2) is 7.50. The molecule has 0 saturated heterocycles. The lowest BCUT2D eigenvalue weighted by molar-refractivity contribution is 0.134. The Morgan fingerprint density at radius 2 is 2.05 bits per heavy atom. The van der Waals surface area contributed by atoms with Crippen molar-refractivity contribution in [2.75, 3.05) is 27.2 Å². The minimum Gasteiger partial charge on any atom is -0.390 e. The molecular weight excluding hydrogens is 270 g/mol. The summed E-state index contributed by atoms with van der Waals surface area (Å²) in [4.78, 5) is 7.57. The zero-order valence-electron chi connectivity index (χ0n) is 11.9. The summed E-state index contributed by atoms with van der Waals surface area (Å²) in [7, 11) is 3.91. The lowest BCUT2D eigenvalue weighted by Crippen LogP contribution is -2.34. The van der Waals surface area contributed by atoms with Gasteiger partial charge in [-0.1, -0.05) is 30.3 Å². The van der Waals surface area contributed by atoms with Gasteiger partial charge in [-0.2, -0.15) is 0 Å². The Hall–Kier alpha value is -1.27. The van der Waals surface area contributed by atoms with Crippen molar-refractivity contribution in [1.82, 2.24) is 15.2 Å². The average Bonchev–Trinajstić information content (AvgIpc) is 2.88. The Kier molecular flexibility index (Phi) is 5.67. The van der Waals surface area contributed by atoms with Gasteiger partial charge < -0.3 is 15.3 Å². The molecule has 2 aromatic rings. The molecule has 1 heterocycles. The van der Waals surface area contributed by atoms with Gasteiger partial charge >= 0.3 is 0 Å². The molecule has 1 atom stereocenters. The minimum atomic E-state index is -0.349. The third-order valence-electron chi connectivity index (χ3n) is 2.84. The zero-order valence-corrected chi connectivity index (χ0v) is 12.7. The highest BCUT2D eigenvalue weighted by atomic mass is 32.1. The summed E-state index contributed by atoms with van der Waals surface area (Å²) in [5, 5.41) is 14.0. The molecule has 0 aliphatic rings. The van der Waals surface area contributed by atoms with Crippen molar-refractivity contribution in [3.05, 3.63) is 41.5 Å². The highest BCUT2D eigenvalue weighted by Crippen LogP contribution is 2.25. The summed E-state index contributed by atoms with van der Waals surface area (Å²) < 4.78 is 0. The number of likely N-dealkylation sites (N-methyl/N-ethyl adjacent to an activating group) is 1. The third kappa shape index (κ3) is 4.68. The second-order valence-electron chi connectivity index (χ2n) is 5.03. The number of rotatable bonds is 7. The molecule has 20 heavy (non-hydrogen) atoms. The molecule has 2 rings (SSSR count). The molecule has 4 nitrogen and oxygen atoms in total. The first kappa shape index (κ1) is 15.1. The fourth-order valence-electron chi connectivity index (χ4n) is 1.96. The van der Waals surface area contributed by atoms with Crippen LogP contribution in [0.15, 0.2) is 36.5 Å². The van der Waals surface area contributed by atoms with Gasteiger partial charge in [0.15, 0.2) is 0 Å². The van der Waals surface area contributed by atoms with Crippen LogP contribution in [0.2, 0.25) is 0 Å². The van der Waals surface area contributed by atoms with Gasteiger partial charge in [0.05, 0.1) is 11.0 Å². The van der Waals surface area contributed by atoms with Crippen LogP contribution < -0.4 is 5.32 Å². The van der Waals surface area contributed by atoms with Crippen LogP contribution in [-0.4, -0.2) is 48.3 Å². The predicted molar refractivity (Wildman–Crippen MR) is 83.8 cm³/mol. The molecule has 1 aromatic heterocycles. The number of aliphatic hydroxyl groups excluding tert-OH is 1. The van der Waals surface area contributed by atoms with Gasteiger partial charge in [-0.15, -0.1) is 11.3 Å². The minimum absolute atomic E-state index is 0.349. The number of hydrogen-bond acceptors (Lipinski definition) is 5. The average molecular weight is 291 g/mol. The van der Waals surface area contributed by atoms with E-state index in [9.17, 15) is 5.11 Å². The number of aliphatic hydroxyl groups is 1. The van der Waals surface area contributed by atoms with Crippen molar-refractivity contribution in [2.45, 2.75) is 12.6 Å². The van der Waals surface area contributed by atoms with E-state index in [0.717, 1.165) is 5.01 Å². The van der Waals surface area contributed by atoms with Crippen LogP contribution in [0.3, 0.4) is 0 Å². The smallest absolute Gasteiger partial charge is 0.107 e. The lowest BCUT2D eigenvalue weighted by atomic mass is 10.2. The maximum Gasteiger partial charge on any atom is 0.107 e. The van der Waals surface area contributed by atoms with Crippen LogP contribution in [0.1, 0.15) is 5.01 Å². The first-order valence-corrected chi connectivity index (χ1v) is 7.50. The van der Waals surface area contributed by atoms with Gasteiger partial charge in [-0.05, 0) is 19.7 Å². The maximum atomic E-state index is 9.76. The molecule has 108 valence electrons. The van der Waals surface area contributed by atoms with Crippen LogP contribution in [-0.2, 0) is 6.54 Å². The molecule has 0 spiro atoms. The number of benzene rings is 1. The van der Waals surface area contributed by atoms with Gasteiger partial charge in [0.1, 0.15) is 5.01 Å². The molecule has 0 saturated carbocycles. The van der Waals surface area contributed by atoms with Gasteiger partial charge in [0, 0.05) is 25.8 Å². The lowest BCUT2D eigenvalue weighted by Gasteiger charge is -2.15. The number of hydrogen-bond donors (Lipinski definition) is 2. The Morgan fingerprint density at radius 3 is 2.75 bits per heavy atom. The van der Waals surface area contributed by atoms with E-state index in [1.54, 1.807) is 11.3 Å². The Morgan fingerprint density at radius 1 is 1.30 bits per heavy atom. The summed E-state index contributed by atoms with van der Waals surface area (Å²) in [6.45, 7) is 1.94. The molecule has 0 radical (unpaired) electrons. The van der Waals surface area contributed by atoms with E-state index in [1.807, 2.05) is 43.4 Å². The maximum absolute atomic E-state index is 9.76. The van der Waals surface area contributed by atoms with Crippen molar-refractivity contribution in [3.8, 4) is 10.4 Å². The first-order chi connectivity index (χ1) is 9.65. The second-order valence-corrected chi connectivity index (χ2v) is 6.15. The fourth-order valence-corrected chi connectivity index (χ4v) is 2.85. The topological polar surface area (TPSA) is 48.4 Å². The van der Waals surface area contributed by atoms with E-state index < -0.39 is 0 Å². The molecule has 0 aliphatic heterocycles. The summed E-state index contributed by atoms with van der Waals surface area (Å²) in [5.41, 5.74) is 1.20. The molecule has 1 unspecified atom stereocenters. The summed E-state index contributed by atoms with van der Waals surface area (Å²) in [5.74, 6) is 0. The van der Waals surface area contributed by atoms with Gasteiger partial charge in [0.25, 0.3) is 0 Å². The SMILES string of the molecule is CN(C)CC(O)CNCc1ncc(-c2ccccc2)s1. The highest BCUT2D eigenvalue weighted by Gasteiger charge is 2.07. The van der Waals surface area contributed by atoms with E-state index in [0.29, 0.717) is 19.6 Å². The number of aromatic nitrogens is 1. The van der Waals surface area contributed by atoms with Crippen molar-refractivity contribution in [2.24, 2.45) is 0 Å². The molecule has 1 aromatic carbocycles. The standard InChI is InChI=1S/C15H21N3OS/c1-18(2)11-13(19)8-16-10-15-17-9-14(20-15)12-6-4-3-5-7-12/h3-7,9,13,16,19H,8,10-11H2,1-2H3. The summed E-state index contributed by atoms with van der Waals surface area (Å²) in [6.07, 6.45) is 1.56. The van der Waals surface area contributed by atoms with Crippen molar-refractivity contribution in [3.63, 3.8) is 0 Å². The largest absolute Gasteiger partial charge is 0.390 e. The zero-order chi connectivity index (χ0) is 14.4. The Bertz CT molecular complexity index is 513. The van der Waals surface area contributed by atoms with E-state index in [4.69, 9.17) is 0 Å². The summed E-state index contributed by atoms with van der Waals surface area (Å²) >= 11 is 1.69. The van der Waals surface area contributed by atoms with E-state index in [1.165, 1.54) is 10.4 Å². The summed E-state index contributed by atoms with van der Waals surface area (Å²) in [6, 6.07) is 10.3. The molecule has 2 N–H and O–H groups in total. The predicted octanol–water partition coefficient (Wildman–Crippen LogP) is 1.82. The van der Waals surface area contributed by atoms with Crippen molar-refractivity contribution in [1.29, 1.82) is 0 Å². The van der Waals surface area contributed by atoms with Crippen molar-refractivity contribution >= 4 is 11.3 Å². The molecular formula is C15H21N3OS. The molecule has 0 fully saturated rings.